The second kappa shape index (κ2) is 18.0. The summed E-state index contributed by atoms with van der Waals surface area (Å²) in [6.45, 7) is 7.95. The Morgan fingerprint density at radius 2 is 1.52 bits per heavy atom. The number of carbonyl (C=O) groups is 1. The topological polar surface area (TPSA) is 40.5 Å². The molecule has 0 aromatic carbocycles. The smallest absolute Gasteiger partial charge is 0.222 e. The van der Waals surface area contributed by atoms with E-state index in [0.29, 0.717) is 12.3 Å². The quantitative estimate of drug-likeness (QED) is 0.263. The van der Waals surface area contributed by atoms with E-state index in [1.165, 1.54) is 38.5 Å². The molecule has 3 nitrogen and oxygen atoms in total. The van der Waals surface area contributed by atoms with E-state index in [2.05, 4.69) is 19.1 Å². The van der Waals surface area contributed by atoms with Crippen molar-refractivity contribution in [2.24, 2.45) is 0 Å². The Kier molecular flexibility index (Phi) is 17.4. The Bertz CT molecular complexity index is 324. The fraction of sp³-hybridized carbons (Fsp3) is 0.864. The molecule has 0 bridgehead atoms. The summed E-state index contributed by atoms with van der Waals surface area (Å²) in [5, 5.41) is 9.89. The highest BCUT2D eigenvalue weighted by molar-refractivity contribution is 5.75. The fourth-order valence-electron chi connectivity index (χ4n) is 3.10. The van der Waals surface area contributed by atoms with E-state index in [0.717, 1.165) is 51.6 Å². The lowest BCUT2D eigenvalue weighted by molar-refractivity contribution is -0.130. The number of allylic oxidation sites excluding steroid dienone is 1. The number of amides is 1. The number of nitrogens with zero attached hydrogens (tertiary/aromatic N) is 1. The monoisotopic (exact) mass is 353 g/mol. The van der Waals surface area contributed by atoms with Gasteiger partial charge in [-0.15, -0.1) is 0 Å². The Morgan fingerprint density at radius 3 is 2.20 bits per heavy atom. The lowest BCUT2D eigenvalue weighted by Crippen LogP contribution is -2.30. The molecule has 0 aliphatic heterocycles. The molecule has 0 saturated heterocycles. The summed E-state index contributed by atoms with van der Waals surface area (Å²) in [7, 11) is 0. The summed E-state index contributed by atoms with van der Waals surface area (Å²) < 4.78 is 0. The first-order valence-corrected chi connectivity index (χ1v) is 10.8. The molecule has 3 heteroatoms. The first-order valence-electron chi connectivity index (χ1n) is 10.8. The highest BCUT2D eigenvalue weighted by Crippen LogP contribution is 2.11. The number of aliphatic hydroxyl groups excluding tert-OH is 1. The highest BCUT2D eigenvalue weighted by atomic mass is 16.3. The molecule has 0 aromatic rings. The summed E-state index contributed by atoms with van der Waals surface area (Å²) in [5.74, 6) is 0.307. The van der Waals surface area contributed by atoms with Gasteiger partial charge in [-0.3, -0.25) is 4.79 Å². The zero-order chi connectivity index (χ0) is 18.8. The van der Waals surface area contributed by atoms with Crippen molar-refractivity contribution in [1.29, 1.82) is 0 Å². The zero-order valence-corrected chi connectivity index (χ0v) is 17.1. The van der Waals surface area contributed by atoms with Gasteiger partial charge in [-0.2, -0.15) is 0 Å². The molecule has 1 N–H and O–H groups in total. The first-order chi connectivity index (χ1) is 12.2. The molecule has 0 fully saturated rings. The van der Waals surface area contributed by atoms with Gasteiger partial charge >= 0.3 is 0 Å². The van der Waals surface area contributed by atoms with Crippen LogP contribution in [0.25, 0.3) is 0 Å². The van der Waals surface area contributed by atoms with Gasteiger partial charge in [0.25, 0.3) is 0 Å². The van der Waals surface area contributed by atoms with Gasteiger partial charge < -0.3 is 10.0 Å². The Balaban J connectivity index is 3.41. The van der Waals surface area contributed by atoms with Gasteiger partial charge in [0.15, 0.2) is 0 Å². The number of aliphatic hydroxyl groups is 1. The maximum atomic E-state index is 11.9. The van der Waals surface area contributed by atoms with E-state index >= 15 is 0 Å². The second-order valence-corrected chi connectivity index (χ2v) is 7.08. The van der Waals surface area contributed by atoms with Crippen LogP contribution in [0.15, 0.2) is 12.2 Å². The lowest BCUT2D eigenvalue weighted by atomic mass is 10.1. The van der Waals surface area contributed by atoms with Crippen LogP contribution in [0.2, 0.25) is 0 Å². The lowest BCUT2D eigenvalue weighted by Gasteiger charge is -2.18. The van der Waals surface area contributed by atoms with Crippen molar-refractivity contribution in [3.8, 4) is 0 Å². The van der Waals surface area contributed by atoms with Crippen molar-refractivity contribution in [2.75, 3.05) is 13.1 Å². The van der Waals surface area contributed by atoms with Crippen LogP contribution >= 0.6 is 0 Å². The molecular formula is C22H43NO2. The standard InChI is InChI=1S/C22H43NO2/c1-4-7-8-15-18-21(24)19-16-13-11-9-10-12-14-17-20-22(25)23(5-2)6-3/h13,16,21,24H,4-12,14-15,17-20H2,1-3H3/b16-13-/t21-/m1/s1. The zero-order valence-electron chi connectivity index (χ0n) is 17.1. The molecule has 0 saturated carbocycles. The number of hydrogen-bond donors (Lipinski definition) is 1. The predicted octanol–water partition coefficient (Wildman–Crippen LogP) is 5.86. The summed E-state index contributed by atoms with van der Waals surface area (Å²) in [6.07, 6.45) is 18.6. The van der Waals surface area contributed by atoms with Crippen LogP contribution in [-0.4, -0.2) is 35.1 Å². The average molecular weight is 354 g/mol. The van der Waals surface area contributed by atoms with Gasteiger partial charge in [0.05, 0.1) is 6.10 Å². The van der Waals surface area contributed by atoms with Crippen LogP contribution < -0.4 is 0 Å². The molecule has 0 spiro atoms. The normalized spacial score (nSPS) is 12.6. The SMILES string of the molecule is CCCCCC[C@@H](O)C/C=C\CCCCCCCC(=O)N(CC)CC. The molecule has 0 rings (SSSR count). The van der Waals surface area contributed by atoms with Gasteiger partial charge in [-0.05, 0) is 46.0 Å². The number of carbonyl (C=O) groups excluding carboxylic acids is 1. The number of unbranched alkanes of at least 4 members (excludes halogenated alkanes) is 8. The Labute approximate surface area is 156 Å². The fourth-order valence-corrected chi connectivity index (χ4v) is 3.10. The second-order valence-electron chi connectivity index (χ2n) is 7.08. The van der Waals surface area contributed by atoms with Gasteiger partial charge in [0.2, 0.25) is 5.91 Å². The molecule has 0 heterocycles. The third kappa shape index (κ3) is 15.2. The van der Waals surface area contributed by atoms with Crippen LogP contribution in [0.4, 0.5) is 0 Å². The largest absolute Gasteiger partial charge is 0.393 e. The molecule has 25 heavy (non-hydrogen) atoms. The van der Waals surface area contributed by atoms with E-state index in [1.54, 1.807) is 0 Å². The van der Waals surface area contributed by atoms with E-state index < -0.39 is 0 Å². The molecule has 0 unspecified atom stereocenters. The van der Waals surface area contributed by atoms with Crippen molar-refractivity contribution >= 4 is 5.91 Å². The molecule has 0 aromatic heterocycles. The minimum atomic E-state index is -0.156. The molecule has 1 amide bonds. The van der Waals surface area contributed by atoms with E-state index in [1.807, 2.05) is 18.7 Å². The van der Waals surface area contributed by atoms with Crippen molar-refractivity contribution in [3.63, 3.8) is 0 Å². The molecule has 148 valence electrons. The summed E-state index contributed by atoms with van der Waals surface area (Å²) in [4.78, 5) is 13.8. The molecule has 0 radical (unpaired) electrons. The van der Waals surface area contributed by atoms with Crippen LogP contribution in [-0.2, 0) is 4.79 Å². The first kappa shape index (κ1) is 24.2. The summed E-state index contributed by atoms with van der Waals surface area (Å²) in [6, 6.07) is 0. The van der Waals surface area contributed by atoms with E-state index in [-0.39, 0.29) is 6.10 Å². The van der Waals surface area contributed by atoms with Crippen LogP contribution in [0.5, 0.6) is 0 Å². The highest BCUT2D eigenvalue weighted by Gasteiger charge is 2.08. The van der Waals surface area contributed by atoms with E-state index in [4.69, 9.17) is 0 Å². The summed E-state index contributed by atoms with van der Waals surface area (Å²) in [5.41, 5.74) is 0. The number of rotatable bonds is 17. The summed E-state index contributed by atoms with van der Waals surface area (Å²) >= 11 is 0. The van der Waals surface area contributed by atoms with E-state index in [9.17, 15) is 9.90 Å². The van der Waals surface area contributed by atoms with Crippen LogP contribution in [0.3, 0.4) is 0 Å². The number of hydrogen-bond acceptors (Lipinski definition) is 2. The van der Waals surface area contributed by atoms with Gasteiger partial charge in [-0.1, -0.05) is 64.0 Å². The third-order valence-electron chi connectivity index (χ3n) is 4.84. The maximum Gasteiger partial charge on any atom is 0.222 e. The van der Waals surface area contributed by atoms with Crippen molar-refractivity contribution < 1.29 is 9.90 Å². The maximum absolute atomic E-state index is 11.9. The Hall–Kier alpha value is -0.830. The average Bonchev–Trinajstić information content (AvgIpc) is 2.61. The predicted molar refractivity (Wildman–Crippen MR) is 109 cm³/mol. The van der Waals surface area contributed by atoms with Crippen molar-refractivity contribution in [1.82, 2.24) is 4.90 Å². The van der Waals surface area contributed by atoms with Crippen LogP contribution in [0, 0.1) is 0 Å². The minimum Gasteiger partial charge on any atom is -0.393 e. The van der Waals surface area contributed by atoms with Gasteiger partial charge in [0, 0.05) is 19.5 Å². The molecular weight excluding hydrogens is 310 g/mol. The van der Waals surface area contributed by atoms with Crippen molar-refractivity contribution in [3.05, 3.63) is 12.2 Å². The van der Waals surface area contributed by atoms with Crippen LogP contribution in [0.1, 0.15) is 104 Å². The Morgan fingerprint density at radius 1 is 0.880 bits per heavy atom. The van der Waals surface area contributed by atoms with Gasteiger partial charge in [-0.25, -0.2) is 0 Å². The van der Waals surface area contributed by atoms with Gasteiger partial charge in [0.1, 0.15) is 0 Å². The third-order valence-corrected chi connectivity index (χ3v) is 4.84. The van der Waals surface area contributed by atoms with Crippen molar-refractivity contribution in [2.45, 2.75) is 110 Å². The minimum absolute atomic E-state index is 0.156. The molecule has 0 aliphatic carbocycles. The molecule has 1 atom stereocenters. The molecule has 0 aliphatic rings.